The van der Waals surface area contributed by atoms with E-state index in [2.05, 4.69) is 20.7 Å². The molecule has 1 unspecified atom stereocenters. The number of amides is 3. The third-order valence-corrected chi connectivity index (χ3v) is 6.25. The van der Waals surface area contributed by atoms with E-state index in [1.165, 1.54) is 19.0 Å². The van der Waals surface area contributed by atoms with Gasteiger partial charge in [-0.15, -0.1) is 0 Å². The lowest BCUT2D eigenvalue weighted by Gasteiger charge is -2.25. The van der Waals surface area contributed by atoms with Crippen LogP contribution in [0.3, 0.4) is 0 Å². The molecule has 244 valence electrons. The molecule has 0 fully saturated rings. The molecular formula is C27H39F3N8O6. The smallest absolute Gasteiger partial charge is 0.385 e. The molecule has 1 aromatic rings. The van der Waals surface area contributed by atoms with Gasteiger partial charge in [-0.05, 0) is 31.2 Å². The lowest BCUT2D eigenvalue weighted by molar-refractivity contribution is -0.202. The Morgan fingerprint density at radius 3 is 2.00 bits per heavy atom. The molecule has 1 rings (SSSR count). The zero-order chi connectivity index (χ0) is 33.6. The standard InChI is InChI=1S/C27H39F3N8O6/c1-4-5-7-18(22(40)37-19(8-6-13-35-26(33)34)24(42)44-25(43)27(28,29)30)36-21(39)17(23(41)38(2)3)14-15-9-11-16(12-10-15)20(31)32/h9-12,17-19H,4-8,13-14H2,1-3H3,(H3,31,32)(H,36,39)(H,37,40)(H4,33,34,35)/t17?,18-,19+/m1/s1. The number of halogens is 3. The van der Waals surface area contributed by atoms with Crippen molar-refractivity contribution in [3.8, 4) is 0 Å². The number of esters is 2. The first-order valence-corrected chi connectivity index (χ1v) is 13.6. The number of amidine groups is 1. The van der Waals surface area contributed by atoms with Gasteiger partial charge in [0.1, 0.15) is 23.8 Å². The number of benzene rings is 1. The van der Waals surface area contributed by atoms with Crippen molar-refractivity contribution in [1.82, 2.24) is 20.9 Å². The topological polar surface area (TPSA) is 234 Å². The Morgan fingerprint density at radius 1 is 0.932 bits per heavy atom. The first kappa shape index (κ1) is 37.3. The number of rotatable bonds is 16. The van der Waals surface area contributed by atoms with Crippen molar-refractivity contribution < 1.29 is 41.9 Å². The quantitative estimate of drug-likeness (QED) is 0.0437. The highest BCUT2D eigenvalue weighted by atomic mass is 19.4. The molecule has 44 heavy (non-hydrogen) atoms. The van der Waals surface area contributed by atoms with Crippen molar-refractivity contribution in [1.29, 1.82) is 10.8 Å². The van der Waals surface area contributed by atoms with Crippen LogP contribution in [0.5, 0.6) is 0 Å². The Kier molecular flexibility index (Phi) is 14.8. The summed E-state index contributed by atoms with van der Waals surface area (Å²) in [6.07, 6.45) is -4.75. The summed E-state index contributed by atoms with van der Waals surface area (Å²) in [5, 5.41) is 21.9. The summed E-state index contributed by atoms with van der Waals surface area (Å²) in [5.41, 5.74) is 11.7. The van der Waals surface area contributed by atoms with Gasteiger partial charge in [0.25, 0.3) is 0 Å². The number of hydrogen-bond acceptors (Lipinski definition) is 8. The van der Waals surface area contributed by atoms with Crippen LogP contribution in [0, 0.1) is 16.7 Å². The number of carbonyl (C=O) groups is 5. The maximum absolute atomic E-state index is 13.4. The molecule has 0 saturated heterocycles. The van der Waals surface area contributed by atoms with E-state index in [0.29, 0.717) is 24.0 Å². The van der Waals surface area contributed by atoms with E-state index in [1.54, 1.807) is 24.3 Å². The third kappa shape index (κ3) is 12.7. The molecule has 3 amide bonds. The van der Waals surface area contributed by atoms with Gasteiger partial charge in [-0.2, -0.15) is 13.2 Å². The van der Waals surface area contributed by atoms with Crippen LogP contribution in [-0.2, 0) is 35.1 Å². The summed E-state index contributed by atoms with van der Waals surface area (Å²) < 4.78 is 42.0. The lowest BCUT2D eigenvalue weighted by atomic mass is 9.95. The highest BCUT2D eigenvalue weighted by Gasteiger charge is 2.43. The number of nitrogens with one attached hydrogen (secondary N) is 5. The molecule has 17 heteroatoms. The molecule has 0 aliphatic heterocycles. The summed E-state index contributed by atoms with van der Waals surface area (Å²) in [7, 11) is 2.89. The van der Waals surface area contributed by atoms with Gasteiger partial charge in [0.05, 0.1) is 0 Å². The SMILES string of the molecule is CCCC[C@@H](NC(=O)C(Cc1ccc(C(=N)N)cc1)C(=O)N(C)C)C(=O)N[C@@H](CCCNC(=N)N)C(=O)OC(=O)C(F)(F)F. The molecule has 0 aromatic heterocycles. The molecule has 14 nitrogen and oxygen atoms in total. The Bertz CT molecular complexity index is 1210. The minimum absolute atomic E-state index is 0.0138. The average Bonchev–Trinajstić information content (AvgIpc) is 2.94. The van der Waals surface area contributed by atoms with Crippen LogP contribution in [0.2, 0.25) is 0 Å². The Labute approximate surface area is 252 Å². The van der Waals surface area contributed by atoms with E-state index in [1.807, 2.05) is 6.92 Å². The van der Waals surface area contributed by atoms with Gasteiger partial charge in [-0.1, -0.05) is 44.0 Å². The molecule has 0 spiro atoms. The second kappa shape index (κ2) is 17.4. The second-order valence-corrected chi connectivity index (χ2v) is 10.1. The normalized spacial score (nSPS) is 13.0. The maximum Gasteiger partial charge on any atom is 0.491 e. The predicted molar refractivity (Wildman–Crippen MR) is 153 cm³/mol. The molecular weight excluding hydrogens is 589 g/mol. The number of nitrogens with zero attached hydrogens (tertiary/aromatic N) is 1. The van der Waals surface area contributed by atoms with E-state index < -0.39 is 59.8 Å². The van der Waals surface area contributed by atoms with Crippen LogP contribution in [0.1, 0.15) is 50.2 Å². The highest BCUT2D eigenvalue weighted by Crippen LogP contribution is 2.18. The van der Waals surface area contributed by atoms with Crippen molar-refractivity contribution in [2.24, 2.45) is 17.4 Å². The number of unbranched alkanes of at least 4 members (excludes halogenated alkanes) is 1. The third-order valence-electron chi connectivity index (χ3n) is 6.25. The van der Waals surface area contributed by atoms with Crippen LogP contribution in [-0.4, -0.2) is 85.3 Å². The van der Waals surface area contributed by atoms with Gasteiger partial charge >= 0.3 is 18.1 Å². The van der Waals surface area contributed by atoms with Crippen molar-refractivity contribution in [2.75, 3.05) is 20.6 Å². The lowest BCUT2D eigenvalue weighted by Crippen LogP contribution is -2.54. The van der Waals surface area contributed by atoms with E-state index in [0.717, 1.165) is 0 Å². The van der Waals surface area contributed by atoms with E-state index in [4.69, 9.17) is 22.3 Å². The second-order valence-electron chi connectivity index (χ2n) is 10.1. The van der Waals surface area contributed by atoms with Gasteiger partial charge in [0.2, 0.25) is 17.7 Å². The number of nitrogen functional groups attached to an aromatic ring is 1. The van der Waals surface area contributed by atoms with Crippen molar-refractivity contribution in [3.63, 3.8) is 0 Å². The Hall–Kier alpha value is -4.70. The number of hydrogen-bond donors (Lipinski definition) is 7. The molecule has 0 bridgehead atoms. The molecule has 0 aliphatic rings. The Balaban J connectivity index is 3.21. The molecule has 0 saturated carbocycles. The van der Waals surface area contributed by atoms with Gasteiger partial charge in [-0.3, -0.25) is 25.2 Å². The fraction of sp³-hybridized carbons (Fsp3) is 0.519. The van der Waals surface area contributed by atoms with Gasteiger partial charge < -0.3 is 37.1 Å². The van der Waals surface area contributed by atoms with E-state index in [-0.39, 0.29) is 38.1 Å². The van der Waals surface area contributed by atoms with E-state index in [9.17, 15) is 37.1 Å². The minimum atomic E-state index is -5.46. The van der Waals surface area contributed by atoms with Crippen molar-refractivity contribution in [3.05, 3.63) is 35.4 Å². The molecule has 3 atom stereocenters. The number of alkyl halides is 3. The molecule has 9 N–H and O–H groups in total. The number of guanidine groups is 1. The molecule has 0 heterocycles. The van der Waals surface area contributed by atoms with Gasteiger partial charge in [0.15, 0.2) is 5.96 Å². The van der Waals surface area contributed by atoms with E-state index >= 15 is 0 Å². The molecule has 0 aliphatic carbocycles. The Morgan fingerprint density at radius 2 is 1.50 bits per heavy atom. The zero-order valence-corrected chi connectivity index (χ0v) is 24.7. The van der Waals surface area contributed by atoms with Crippen LogP contribution in [0.15, 0.2) is 24.3 Å². The average molecular weight is 629 g/mol. The summed E-state index contributed by atoms with van der Waals surface area (Å²) in [5.74, 6) is -8.62. The summed E-state index contributed by atoms with van der Waals surface area (Å²) >= 11 is 0. The van der Waals surface area contributed by atoms with Crippen molar-refractivity contribution in [2.45, 2.75) is 63.7 Å². The zero-order valence-electron chi connectivity index (χ0n) is 24.7. The van der Waals surface area contributed by atoms with Gasteiger partial charge in [-0.25, -0.2) is 9.59 Å². The molecule has 0 radical (unpaired) electrons. The first-order chi connectivity index (χ1) is 20.5. The highest BCUT2D eigenvalue weighted by molar-refractivity contribution is 6.02. The van der Waals surface area contributed by atoms with Crippen LogP contribution >= 0.6 is 0 Å². The van der Waals surface area contributed by atoms with Gasteiger partial charge in [0, 0.05) is 26.2 Å². The summed E-state index contributed by atoms with van der Waals surface area (Å²) in [6.45, 7) is 1.82. The number of ether oxygens (including phenoxy) is 1. The maximum atomic E-state index is 13.4. The van der Waals surface area contributed by atoms with Crippen molar-refractivity contribution >= 4 is 41.5 Å². The fourth-order valence-corrected chi connectivity index (χ4v) is 3.88. The monoisotopic (exact) mass is 628 g/mol. The van der Waals surface area contributed by atoms with Crippen LogP contribution in [0.4, 0.5) is 13.2 Å². The van der Waals surface area contributed by atoms with Crippen LogP contribution in [0.25, 0.3) is 0 Å². The largest absolute Gasteiger partial charge is 0.491 e. The summed E-state index contributed by atoms with van der Waals surface area (Å²) in [4.78, 5) is 64.6. The minimum Gasteiger partial charge on any atom is -0.385 e. The molecule has 1 aromatic carbocycles. The summed E-state index contributed by atoms with van der Waals surface area (Å²) in [6, 6.07) is 3.28. The number of nitrogens with two attached hydrogens (primary N) is 2. The first-order valence-electron chi connectivity index (χ1n) is 13.6. The fourth-order valence-electron chi connectivity index (χ4n) is 3.88. The van der Waals surface area contributed by atoms with Crippen LogP contribution < -0.4 is 27.4 Å². The predicted octanol–water partition coefficient (Wildman–Crippen LogP) is 0.273. The number of carbonyl (C=O) groups excluding carboxylic acids is 5.